The van der Waals surface area contributed by atoms with Crippen LogP contribution in [0.3, 0.4) is 0 Å². The maximum Gasteiger partial charge on any atom is 0.332 e. The van der Waals surface area contributed by atoms with E-state index in [4.69, 9.17) is 14.2 Å². The lowest BCUT2D eigenvalue weighted by atomic mass is 10.2. The van der Waals surface area contributed by atoms with Gasteiger partial charge in [-0.25, -0.2) is 13.2 Å². The molecule has 0 radical (unpaired) electrons. The van der Waals surface area contributed by atoms with Crippen LogP contribution >= 0.6 is 0 Å². The molecule has 1 atom stereocenters. The minimum atomic E-state index is -4.15. The van der Waals surface area contributed by atoms with E-state index in [1.54, 1.807) is 0 Å². The predicted octanol–water partition coefficient (Wildman–Crippen LogP) is 1.66. The molecule has 38 heavy (non-hydrogen) atoms. The maximum atomic E-state index is 12.9. The van der Waals surface area contributed by atoms with E-state index in [1.165, 1.54) is 54.3 Å². The van der Waals surface area contributed by atoms with Crippen LogP contribution in [0.15, 0.2) is 94.0 Å². The van der Waals surface area contributed by atoms with Crippen molar-refractivity contribution in [3.63, 3.8) is 0 Å². The zero-order valence-corrected chi connectivity index (χ0v) is 21.6. The number of methoxy groups -OCH3 is 1. The first kappa shape index (κ1) is 28.6. The Morgan fingerprint density at radius 2 is 1.79 bits per heavy atom. The van der Waals surface area contributed by atoms with Gasteiger partial charge in [0.1, 0.15) is 25.1 Å². The normalized spacial score (nSPS) is 12.0. The van der Waals surface area contributed by atoms with Crippen molar-refractivity contribution in [1.82, 2.24) is 13.9 Å². The van der Waals surface area contributed by atoms with Gasteiger partial charge in [-0.3, -0.25) is 18.7 Å². The van der Waals surface area contributed by atoms with Crippen molar-refractivity contribution in [3.8, 4) is 5.75 Å². The Kier molecular flexibility index (Phi) is 10.2. The van der Waals surface area contributed by atoms with Crippen molar-refractivity contribution in [3.05, 3.63) is 106 Å². The average molecular weight is 544 g/mol. The molecule has 0 spiro atoms. The first-order chi connectivity index (χ1) is 18.2. The van der Waals surface area contributed by atoms with Gasteiger partial charge < -0.3 is 14.2 Å². The number of ether oxygens (including phenoxy) is 3. The third-order valence-electron chi connectivity index (χ3n) is 5.42. The molecule has 3 aromatic rings. The van der Waals surface area contributed by atoms with Gasteiger partial charge in [0.25, 0.3) is 5.56 Å². The summed E-state index contributed by atoms with van der Waals surface area (Å²) in [6, 6.07) is 14.8. The number of nitrogens with zero attached hydrogens (tertiary/aromatic N) is 2. The maximum absolute atomic E-state index is 12.9. The molecule has 202 valence electrons. The van der Waals surface area contributed by atoms with Gasteiger partial charge in [-0.15, -0.1) is 0 Å². The number of nitrogens with one attached hydrogen (secondary N) is 1. The van der Waals surface area contributed by atoms with Crippen LogP contribution in [0.25, 0.3) is 0 Å². The zero-order chi connectivity index (χ0) is 27.5. The van der Waals surface area contributed by atoms with Crippen LogP contribution in [-0.4, -0.2) is 43.3 Å². The summed E-state index contributed by atoms with van der Waals surface area (Å²) in [6.07, 6.45) is 2.42. The van der Waals surface area contributed by atoms with Gasteiger partial charge in [-0.1, -0.05) is 43.0 Å². The number of benzene rings is 2. The third kappa shape index (κ3) is 7.75. The van der Waals surface area contributed by atoms with Crippen molar-refractivity contribution < 1.29 is 27.4 Å². The second-order valence-electron chi connectivity index (χ2n) is 8.08. The molecule has 0 saturated carbocycles. The second-order valence-corrected chi connectivity index (χ2v) is 9.79. The molecule has 0 amide bonds. The summed E-state index contributed by atoms with van der Waals surface area (Å²) in [4.78, 5) is 37.9. The number of hydrogen-bond acceptors (Lipinski definition) is 8. The average Bonchev–Trinajstić information content (AvgIpc) is 2.92. The van der Waals surface area contributed by atoms with Gasteiger partial charge in [-0.05, 0) is 36.2 Å². The van der Waals surface area contributed by atoms with E-state index in [0.29, 0.717) is 5.75 Å². The molecule has 2 aromatic carbocycles. The number of rotatable bonds is 14. The Bertz CT molecular complexity index is 1450. The molecule has 1 heterocycles. The molecule has 3 rings (SSSR count). The Hall–Kier alpha value is -4.00. The molecule has 0 fully saturated rings. The number of hydrogen-bond donors (Lipinski definition) is 1. The number of carbonyl (C=O) groups is 1. The molecular weight excluding hydrogens is 514 g/mol. The van der Waals surface area contributed by atoms with Gasteiger partial charge in [0.05, 0.1) is 18.6 Å². The van der Waals surface area contributed by atoms with Gasteiger partial charge in [0.15, 0.2) is 0 Å². The highest BCUT2D eigenvalue weighted by Gasteiger charge is 2.27. The van der Waals surface area contributed by atoms with E-state index in [2.05, 4.69) is 11.3 Å². The predicted molar refractivity (Wildman–Crippen MR) is 139 cm³/mol. The molecule has 1 N–H and O–H groups in total. The van der Waals surface area contributed by atoms with E-state index in [9.17, 15) is 22.8 Å². The number of aromatic nitrogens is 2. The quantitative estimate of drug-likeness (QED) is 0.240. The van der Waals surface area contributed by atoms with Gasteiger partial charge in [0, 0.05) is 18.8 Å². The largest absolute Gasteiger partial charge is 0.497 e. The fourth-order valence-electron chi connectivity index (χ4n) is 3.43. The van der Waals surface area contributed by atoms with Gasteiger partial charge >= 0.3 is 11.7 Å². The molecule has 12 heteroatoms. The SMILES string of the molecule is C=CCOC(=O)C(CCn1c(=O)ccn(COCc2ccccc2)c1=O)NS(=O)(=O)c1ccc(OC)cc1. The lowest BCUT2D eigenvalue weighted by molar-refractivity contribution is -0.144. The van der Waals surface area contributed by atoms with E-state index < -0.39 is 33.3 Å². The lowest BCUT2D eigenvalue weighted by Crippen LogP contribution is -2.45. The van der Waals surface area contributed by atoms with Crippen LogP contribution in [0.5, 0.6) is 5.75 Å². The molecular formula is C26H29N3O8S. The summed E-state index contributed by atoms with van der Waals surface area (Å²) in [5.41, 5.74) is -0.355. The number of carbonyl (C=O) groups excluding carboxylic acids is 1. The van der Waals surface area contributed by atoms with Crippen molar-refractivity contribution >= 4 is 16.0 Å². The smallest absolute Gasteiger partial charge is 0.332 e. The van der Waals surface area contributed by atoms with Crippen molar-refractivity contribution in [2.45, 2.75) is 37.2 Å². The topological polar surface area (TPSA) is 135 Å². The second kappa shape index (κ2) is 13.5. The minimum Gasteiger partial charge on any atom is -0.497 e. The van der Waals surface area contributed by atoms with E-state index >= 15 is 0 Å². The zero-order valence-electron chi connectivity index (χ0n) is 20.8. The van der Waals surface area contributed by atoms with E-state index in [0.717, 1.165) is 10.1 Å². The molecule has 0 bridgehead atoms. The fraction of sp³-hybridized carbons (Fsp3) is 0.269. The minimum absolute atomic E-state index is 0.102. The van der Waals surface area contributed by atoms with Gasteiger partial charge in [-0.2, -0.15) is 4.72 Å². The lowest BCUT2D eigenvalue weighted by Gasteiger charge is -2.18. The molecule has 0 aliphatic carbocycles. The first-order valence-electron chi connectivity index (χ1n) is 11.6. The molecule has 1 unspecified atom stereocenters. The molecule has 0 saturated heterocycles. The molecule has 1 aromatic heterocycles. The summed E-state index contributed by atoms with van der Waals surface area (Å²) in [6.45, 7) is 3.23. The Balaban J connectivity index is 1.75. The highest BCUT2D eigenvalue weighted by atomic mass is 32.2. The van der Waals surface area contributed by atoms with Crippen LogP contribution in [0.2, 0.25) is 0 Å². The Morgan fingerprint density at radius 1 is 1.08 bits per heavy atom. The summed E-state index contributed by atoms with van der Waals surface area (Å²) < 4.78 is 45.9. The summed E-state index contributed by atoms with van der Waals surface area (Å²) in [5.74, 6) is -0.421. The van der Waals surface area contributed by atoms with Crippen LogP contribution < -0.4 is 20.7 Å². The molecule has 0 aliphatic heterocycles. The number of sulfonamides is 1. The third-order valence-corrected chi connectivity index (χ3v) is 6.91. The summed E-state index contributed by atoms with van der Waals surface area (Å²) in [7, 11) is -2.70. The van der Waals surface area contributed by atoms with Crippen molar-refractivity contribution in [2.75, 3.05) is 13.7 Å². The molecule has 11 nitrogen and oxygen atoms in total. The first-order valence-corrected chi connectivity index (χ1v) is 13.1. The van der Waals surface area contributed by atoms with Crippen molar-refractivity contribution in [2.24, 2.45) is 0 Å². The standard InChI is InChI=1S/C26H29N3O8S/c1-3-17-37-25(31)23(27-38(33,34)22-11-9-21(35-2)10-12-22)13-16-29-24(30)14-15-28(26(29)32)19-36-18-20-7-5-4-6-8-20/h3-12,14-15,23,27H,1,13,16-19H2,2H3. The van der Waals surface area contributed by atoms with E-state index in [1.807, 2.05) is 30.3 Å². The van der Waals surface area contributed by atoms with E-state index in [-0.39, 0.29) is 37.8 Å². The number of esters is 1. The molecule has 0 aliphatic rings. The van der Waals surface area contributed by atoms with Crippen LogP contribution in [0.1, 0.15) is 12.0 Å². The van der Waals surface area contributed by atoms with Crippen LogP contribution in [0, 0.1) is 0 Å². The summed E-state index contributed by atoms with van der Waals surface area (Å²) in [5, 5.41) is 0. The summed E-state index contributed by atoms with van der Waals surface area (Å²) >= 11 is 0. The Labute approximate surface area is 220 Å². The van der Waals surface area contributed by atoms with Gasteiger partial charge in [0.2, 0.25) is 10.0 Å². The highest BCUT2D eigenvalue weighted by molar-refractivity contribution is 7.89. The Morgan fingerprint density at radius 3 is 2.45 bits per heavy atom. The highest BCUT2D eigenvalue weighted by Crippen LogP contribution is 2.16. The monoisotopic (exact) mass is 543 g/mol. The van der Waals surface area contributed by atoms with Crippen LogP contribution in [-0.2, 0) is 44.2 Å². The van der Waals surface area contributed by atoms with Crippen LogP contribution in [0.4, 0.5) is 0 Å². The van der Waals surface area contributed by atoms with Crippen molar-refractivity contribution in [1.29, 1.82) is 0 Å². The fourth-order valence-corrected chi connectivity index (χ4v) is 4.65.